The molecule has 0 fully saturated rings. The van der Waals surface area contributed by atoms with Gasteiger partial charge in [0.2, 0.25) is 0 Å². The maximum Gasteiger partial charge on any atom is 0.0592 e. The first-order chi connectivity index (χ1) is 4.33. The van der Waals surface area contributed by atoms with E-state index in [0.29, 0.717) is 10.8 Å². The van der Waals surface area contributed by atoms with Crippen LogP contribution in [0.4, 0.5) is 0 Å². The van der Waals surface area contributed by atoms with E-state index < -0.39 is 0 Å². The Bertz CT molecular complexity index is 202. The van der Waals surface area contributed by atoms with Crippen LogP contribution in [0, 0.1) is 0 Å². The maximum atomic E-state index is 5.63. The normalized spacial score (nSPS) is 9.56. The average molecular weight is 160 g/mol. The van der Waals surface area contributed by atoms with Crippen molar-refractivity contribution in [2.24, 2.45) is 0 Å². The Labute approximate surface area is 64.5 Å². The molecule has 0 spiro atoms. The molecule has 0 aromatic carbocycles. The lowest BCUT2D eigenvalue weighted by atomic mass is 10.3. The van der Waals surface area contributed by atoms with Crippen molar-refractivity contribution in [1.82, 2.24) is 4.98 Å². The van der Waals surface area contributed by atoms with Crippen molar-refractivity contribution in [2.75, 3.05) is 0 Å². The third kappa shape index (κ3) is 1.88. The molecule has 3 heteroatoms. The summed E-state index contributed by atoms with van der Waals surface area (Å²) in [6.07, 6.45) is 3.35. The molecule has 1 aromatic rings. The summed E-state index contributed by atoms with van der Waals surface area (Å²) in [4.78, 5) is 3.87. The van der Waals surface area contributed by atoms with Gasteiger partial charge in [-0.3, -0.25) is 4.98 Å². The van der Waals surface area contributed by atoms with Crippen LogP contribution in [-0.4, -0.2) is 4.98 Å². The fourth-order valence-corrected chi connectivity index (χ4v) is 0.912. The summed E-state index contributed by atoms with van der Waals surface area (Å²) in [5, 5.41) is 0.668. The van der Waals surface area contributed by atoms with Crippen LogP contribution < -0.4 is 0 Å². The second-order valence-corrected chi connectivity index (χ2v) is 2.42. The average Bonchev–Trinajstić information content (AvgIpc) is 1.88. The molecule has 0 bridgehead atoms. The molecule has 1 nitrogen and oxygen atoms in total. The Kier molecular flexibility index (Phi) is 2.37. The topological polar surface area (TPSA) is 12.9 Å². The van der Waals surface area contributed by atoms with Crippen molar-refractivity contribution >= 4 is 24.2 Å². The van der Waals surface area contributed by atoms with E-state index >= 15 is 0 Å². The van der Waals surface area contributed by atoms with Gasteiger partial charge < -0.3 is 0 Å². The zero-order valence-electron chi connectivity index (χ0n) is 4.71. The van der Waals surface area contributed by atoms with Crippen LogP contribution in [0.5, 0.6) is 0 Å². The van der Waals surface area contributed by atoms with E-state index in [1.54, 1.807) is 12.4 Å². The molecule has 0 aliphatic carbocycles. The fourth-order valence-electron chi connectivity index (χ4n) is 0.542. The predicted molar refractivity (Wildman–Crippen MR) is 41.9 cm³/mol. The molecule has 0 aliphatic rings. The first kappa shape index (κ1) is 6.90. The molecule has 1 rings (SSSR count). The zero-order valence-corrected chi connectivity index (χ0v) is 6.36. The van der Waals surface area contributed by atoms with Gasteiger partial charge in [-0.1, -0.05) is 11.6 Å². The molecular formula is C6H6ClNS. The minimum atomic E-state index is 0.668. The van der Waals surface area contributed by atoms with Crippen molar-refractivity contribution in [1.29, 1.82) is 0 Å². The summed E-state index contributed by atoms with van der Waals surface area (Å²) in [6.45, 7) is 0. The number of thiol groups is 1. The molecule has 0 saturated carbocycles. The molecule has 0 saturated heterocycles. The number of hydrogen-bond acceptors (Lipinski definition) is 2. The van der Waals surface area contributed by atoms with Gasteiger partial charge in [-0.15, -0.1) is 0 Å². The van der Waals surface area contributed by atoms with E-state index in [4.69, 9.17) is 11.6 Å². The molecule has 0 atom stereocenters. The van der Waals surface area contributed by atoms with Gasteiger partial charge in [0.1, 0.15) is 0 Å². The first-order valence-corrected chi connectivity index (χ1v) is 3.54. The minimum absolute atomic E-state index is 0.668. The van der Waals surface area contributed by atoms with Gasteiger partial charge in [0.25, 0.3) is 0 Å². The number of nitrogens with zero attached hydrogens (tertiary/aromatic N) is 1. The Hall–Kier alpha value is -0.210. The molecule has 48 valence electrons. The highest BCUT2D eigenvalue weighted by Gasteiger charge is 1.89. The number of hydrogen-bond donors (Lipinski definition) is 1. The highest BCUT2D eigenvalue weighted by atomic mass is 35.5. The quantitative estimate of drug-likeness (QED) is 0.620. The standard InChI is InChI=1S/C6H6ClNS/c7-6-1-5(4-9)2-8-3-6/h1-3,9H,4H2. The van der Waals surface area contributed by atoms with Crippen LogP contribution in [0.15, 0.2) is 18.5 Å². The van der Waals surface area contributed by atoms with Crippen LogP contribution >= 0.6 is 24.2 Å². The maximum absolute atomic E-state index is 5.63. The lowest BCUT2D eigenvalue weighted by molar-refractivity contribution is 1.26. The molecule has 9 heavy (non-hydrogen) atoms. The van der Waals surface area contributed by atoms with Crippen LogP contribution in [0.1, 0.15) is 5.56 Å². The second-order valence-electron chi connectivity index (χ2n) is 1.67. The molecule has 0 aliphatic heterocycles. The summed E-state index contributed by atoms with van der Waals surface area (Å²) in [7, 11) is 0. The lowest BCUT2D eigenvalue weighted by Gasteiger charge is -1.92. The second kappa shape index (κ2) is 3.08. The number of aromatic nitrogens is 1. The largest absolute Gasteiger partial charge is 0.263 e. The predicted octanol–water partition coefficient (Wildman–Crippen LogP) is 2.16. The van der Waals surface area contributed by atoms with E-state index in [1.165, 1.54) is 0 Å². The molecule has 0 amide bonds. The molecule has 0 N–H and O–H groups in total. The zero-order chi connectivity index (χ0) is 6.69. The monoisotopic (exact) mass is 159 g/mol. The summed E-state index contributed by atoms with van der Waals surface area (Å²) in [6, 6.07) is 1.85. The van der Waals surface area contributed by atoms with Gasteiger partial charge in [0.15, 0.2) is 0 Å². The van der Waals surface area contributed by atoms with Crippen LogP contribution in [-0.2, 0) is 5.75 Å². The van der Waals surface area contributed by atoms with E-state index in [9.17, 15) is 0 Å². The third-order valence-corrected chi connectivity index (χ3v) is 1.52. The molecule has 0 radical (unpaired) electrons. The van der Waals surface area contributed by atoms with Crippen LogP contribution in [0.2, 0.25) is 5.02 Å². The van der Waals surface area contributed by atoms with Gasteiger partial charge in [0.05, 0.1) is 5.02 Å². The highest BCUT2D eigenvalue weighted by Crippen LogP contribution is 2.09. The summed E-state index contributed by atoms with van der Waals surface area (Å²) in [5.74, 6) is 0.688. The summed E-state index contributed by atoms with van der Waals surface area (Å²) in [5.41, 5.74) is 1.05. The minimum Gasteiger partial charge on any atom is -0.263 e. The molecule has 1 heterocycles. The van der Waals surface area contributed by atoms with E-state index in [2.05, 4.69) is 17.6 Å². The van der Waals surface area contributed by atoms with E-state index in [1.807, 2.05) is 6.07 Å². The van der Waals surface area contributed by atoms with Crippen LogP contribution in [0.25, 0.3) is 0 Å². The third-order valence-electron chi connectivity index (χ3n) is 0.944. The number of pyridine rings is 1. The van der Waals surface area contributed by atoms with Gasteiger partial charge in [-0.05, 0) is 11.6 Å². The number of rotatable bonds is 1. The van der Waals surface area contributed by atoms with Gasteiger partial charge >= 0.3 is 0 Å². The Morgan fingerprint density at radius 1 is 1.56 bits per heavy atom. The van der Waals surface area contributed by atoms with Gasteiger partial charge in [-0.25, -0.2) is 0 Å². The molecule has 0 unspecified atom stereocenters. The number of halogens is 1. The summed E-state index contributed by atoms with van der Waals surface area (Å²) >= 11 is 9.69. The molecule has 1 aromatic heterocycles. The van der Waals surface area contributed by atoms with Crippen molar-refractivity contribution in [3.8, 4) is 0 Å². The van der Waals surface area contributed by atoms with Gasteiger partial charge in [0, 0.05) is 18.1 Å². The first-order valence-electron chi connectivity index (χ1n) is 2.53. The highest BCUT2D eigenvalue weighted by molar-refractivity contribution is 7.79. The van der Waals surface area contributed by atoms with E-state index in [0.717, 1.165) is 5.56 Å². The van der Waals surface area contributed by atoms with E-state index in [-0.39, 0.29) is 0 Å². The SMILES string of the molecule is SCc1cncc(Cl)c1. The lowest BCUT2D eigenvalue weighted by Crippen LogP contribution is -1.78. The Morgan fingerprint density at radius 2 is 2.33 bits per heavy atom. The van der Waals surface area contributed by atoms with Crippen molar-refractivity contribution in [3.63, 3.8) is 0 Å². The molecular weight excluding hydrogens is 154 g/mol. The van der Waals surface area contributed by atoms with Gasteiger partial charge in [-0.2, -0.15) is 12.6 Å². The van der Waals surface area contributed by atoms with Crippen molar-refractivity contribution < 1.29 is 0 Å². The van der Waals surface area contributed by atoms with Crippen molar-refractivity contribution in [2.45, 2.75) is 5.75 Å². The van der Waals surface area contributed by atoms with Crippen LogP contribution in [0.3, 0.4) is 0 Å². The smallest absolute Gasteiger partial charge is 0.0592 e. The Balaban J connectivity index is 2.94. The fraction of sp³-hybridized carbons (Fsp3) is 0.167. The Morgan fingerprint density at radius 3 is 2.78 bits per heavy atom. The van der Waals surface area contributed by atoms with Crippen molar-refractivity contribution in [3.05, 3.63) is 29.0 Å². The summed E-state index contributed by atoms with van der Waals surface area (Å²) < 4.78 is 0.